The zero-order valence-corrected chi connectivity index (χ0v) is 15.0. The molecule has 0 radical (unpaired) electrons. The van der Waals surface area contributed by atoms with E-state index in [0.717, 1.165) is 0 Å². The molecule has 0 saturated heterocycles. The van der Waals surface area contributed by atoms with Crippen LogP contribution in [0.2, 0.25) is 5.02 Å². The Morgan fingerprint density at radius 1 is 1.30 bits per heavy atom. The Balaban J connectivity index is 1.59. The van der Waals surface area contributed by atoms with E-state index < -0.39 is 12.0 Å². The molecule has 2 aromatic carbocycles. The average Bonchev–Trinajstić information content (AvgIpc) is 3.04. The van der Waals surface area contributed by atoms with Crippen molar-refractivity contribution in [1.29, 1.82) is 0 Å². The number of halogens is 1. The number of aromatic nitrogens is 1. The number of terminal acetylenes is 1. The third kappa shape index (κ3) is 4.91. The molecule has 3 rings (SSSR count). The van der Waals surface area contributed by atoms with Crippen LogP contribution in [0, 0.1) is 12.3 Å². The Hall–Kier alpha value is -3.21. The highest BCUT2D eigenvalue weighted by Gasteiger charge is 2.15. The van der Waals surface area contributed by atoms with Crippen LogP contribution < -0.4 is 15.0 Å². The van der Waals surface area contributed by atoms with Crippen LogP contribution in [0.4, 0.5) is 0 Å². The predicted octanol–water partition coefficient (Wildman–Crippen LogP) is 3.72. The molecule has 0 bridgehead atoms. The van der Waals surface area contributed by atoms with E-state index in [0.29, 0.717) is 27.6 Å². The van der Waals surface area contributed by atoms with Crippen LogP contribution in [0.3, 0.4) is 0 Å². The van der Waals surface area contributed by atoms with E-state index in [2.05, 4.69) is 16.4 Å². The molecule has 1 aromatic heterocycles. The molecular formula is C19H15ClN2O5. The molecule has 8 heteroatoms. The molecule has 138 valence electrons. The molecule has 1 N–H and O–H groups in total. The molecule has 0 aliphatic carbocycles. The number of carbonyl (C=O) groups is 1. The van der Waals surface area contributed by atoms with Crippen LogP contribution in [-0.4, -0.2) is 23.6 Å². The molecule has 0 unspecified atom stereocenters. The molecule has 0 fully saturated rings. The molecule has 0 aliphatic heterocycles. The molecule has 1 heterocycles. The molecule has 7 nitrogen and oxygen atoms in total. The minimum absolute atomic E-state index is 0.0213. The van der Waals surface area contributed by atoms with Gasteiger partial charge in [0.15, 0.2) is 11.7 Å². The first-order valence-corrected chi connectivity index (χ1v) is 8.29. The van der Waals surface area contributed by atoms with Crippen LogP contribution in [0.25, 0.3) is 11.1 Å². The van der Waals surface area contributed by atoms with E-state index in [9.17, 15) is 4.79 Å². The fourth-order valence-electron chi connectivity index (χ4n) is 2.10. The van der Waals surface area contributed by atoms with Crippen molar-refractivity contribution in [3.63, 3.8) is 0 Å². The number of benzene rings is 2. The third-order valence-corrected chi connectivity index (χ3v) is 3.61. The standard InChI is InChI=1S/C19H15ClN2O5/c1-3-10-24-22-18(23)12(2)25-14-5-7-15(8-6-14)26-19-21-16-9-4-13(20)11-17(16)27-19/h1,4-9,11-12H,10H2,2H3,(H,22,23)/t12-/m1/s1. The fraction of sp³-hybridized carbons (Fsp3) is 0.158. The SMILES string of the molecule is C#CCONC(=O)[C@@H](C)Oc1ccc(Oc2nc3ccc(Cl)cc3o2)cc1. The summed E-state index contributed by atoms with van der Waals surface area (Å²) in [7, 11) is 0. The van der Waals surface area contributed by atoms with E-state index >= 15 is 0 Å². The Morgan fingerprint density at radius 3 is 2.78 bits per heavy atom. The van der Waals surface area contributed by atoms with Gasteiger partial charge in [-0.2, -0.15) is 4.98 Å². The van der Waals surface area contributed by atoms with Crippen LogP contribution in [0.5, 0.6) is 17.6 Å². The number of nitrogens with one attached hydrogen (secondary N) is 1. The predicted molar refractivity (Wildman–Crippen MR) is 98.6 cm³/mol. The Morgan fingerprint density at radius 2 is 2.04 bits per heavy atom. The van der Waals surface area contributed by atoms with Crippen molar-refractivity contribution in [2.24, 2.45) is 0 Å². The van der Waals surface area contributed by atoms with Gasteiger partial charge in [0.05, 0.1) is 0 Å². The molecule has 0 aliphatic rings. The number of oxazole rings is 1. The molecule has 3 aromatic rings. The summed E-state index contributed by atoms with van der Waals surface area (Å²) in [4.78, 5) is 20.7. The number of rotatable bonds is 7. The Labute approximate surface area is 160 Å². The van der Waals surface area contributed by atoms with Crippen LogP contribution in [0.1, 0.15) is 6.92 Å². The molecule has 27 heavy (non-hydrogen) atoms. The minimum Gasteiger partial charge on any atom is -0.481 e. The lowest BCUT2D eigenvalue weighted by atomic mass is 10.3. The van der Waals surface area contributed by atoms with Crippen molar-refractivity contribution in [2.45, 2.75) is 13.0 Å². The van der Waals surface area contributed by atoms with Crippen molar-refractivity contribution in [2.75, 3.05) is 6.61 Å². The van der Waals surface area contributed by atoms with Gasteiger partial charge in [-0.1, -0.05) is 17.5 Å². The smallest absolute Gasteiger partial charge is 0.400 e. The summed E-state index contributed by atoms with van der Waals surface area (Å²) in [6, 6.07) is 11.8. The summed E-state index contributed by atoms with van der Waals surface area (Å²) in [6.45, 7) is 1.56. The number of amides is 1. The average molecular weight is 387 g/mol. The summed E-state index contributed by atoms with van der Waals surface area (Å²) in [5, 5.41) is 0.551. The summed E-state index contributed by atoms with van der Waals surface area (Å²) in [6.07, 6.45) is 4.36. The number of ether oxygens (including phenoxy) is 2. The van der Waals surface area contributed by atoms with E-state index in [4.69, 9.17) is 36.8 Å². The highest BCUT2D eigenvalue weighted by atomic mass is 35.5. The molecule has 0 saturated carbocycles. The highest BCUT2D eigenvalue weighted by Crippen LogP contribution is 2.28. The van der Waals surface area contributed by atoms with Gasteiger partial charge in [0, 0.05) is 11.1 Å². The lowest BCUT2D eigenvalue weighted by molar-refractivity contribution is -0.139. The molecular weight excluding hydrogens is 372 g/mol. The minimum atomic E-state index is -0.767. The molecule has 1 amide bonds. The summed E-state index contributed by atoms with van der Waals surface area (Å²) < 4.78 is 16.6. The first-order chi connectivity index (χ1) is 13.0. The van der Waals surface area contributed by atoms with Crippen molar-refractivity contribution < 1.29 is 23.5 Å². The fourth-order valence-corrected chi connectivity index (χ4v) is 2.26. The highest BCUT2D eigenvalue weighted by molar-refractivity contribution is 6.31. The van der Waals surface area contributed by atoms with Gasteiger partial charge in [-0.05, 0) is 43.3 Å². The summed E-state index contributed by atoms with van der Waals surface area (Å²) >= 11 is 5.92. The maximum Gasteiger partial charge on any atom is 0.400 e. The van der Waals surface area contributed by atoms with Gasteiger partial charge in [-0.3, -0.25) is 9.63 Å². The number of nitrogens with zero attached hydrogens (tertiary/aromatic N) is 1. The Bertz CT molecular complexity index is 978. The maximum atomic E-state index is 11.8. The second-order valence-corrected chi connectivity index (χ2v) is 5.82. The quantitative estimate of drug-likeness (QED) is 0.378. The van der Waals surface area contributed by atoms with Crippen LogP contribution in [-0.2, 0) is 9.63 Å². The van der Waals surface area contributed by atoms with Gasteiger partial charge >= 0.3 is 6.08 Å². The number of fused-ring (bicyclic) bond motifs is 1. The number of hydroxylamine groups is 1. The van der Waals surface area contributed by atoms with Gasteiger partial charge in [0.2, 0.25) is 0 Å². The van der Waals surface area contributed by atoms with Gasteiger partial charge in [-0.15, -0.1) is 6.42 Å². The maximum absolute atomic E-state index is 11.8. The largest absolute Gasteiger partial charge is 0.481 e. The second-order valence-electron chi connectivity index (χ2n) is 5.38. The summed E-state index contributed by atoms with van der Waals surface area (Å²) in [5.74, 6) is 2.76. The summed E-state index contributed by atoms with van der Waals surface area (Å²) in [5.41, 5.74) is 3.37. The number of carbonyl (C=O) groups excluding carboxylic acids is 1. The first-order valence-electron chi connectivity index (χ1n) is 7.91. The Kier molecular flexibility index (Phi) is 5.81. The van der Waals surface area contributed by atoms with Crippen molar-refractivity contribution in [1.82, 2.24) is 10.5 Å². The molecule has 1 atom stereocenters. The first kappa shape index (κ1) is 18.6. The number of hydrogen-bond donors (Lipinski definition) is 1. The zero-order valence-electron chi connectivity index (χ0n) is 14.3. The van der Waals surface area contributed by atoms with E-state index in [1.54, 1.807) is 49.4 Å². The topological polar surface area (TPSA) is 82.8 Å². The van der Waals surface area contributed by atoms with Gasteiger partial charge in [0.1, 0.15) is 23.6 Å². The van der Waals surface area contributed by atoms with Crippen molar-refractivity contribution >= 4 is 28.6 Å². The lowest BCUT2D eigenvalue weighted by Gasteiger charge is -2.14. The third-order valence-electron chi connectivity index (χ3n) is 3.37. The van der Waals surface area contributed by atoms with E-state index in [1.165, 1.54) is 0 Å². The van der Waals surface area contributed by atoms with Gasteiger partial charge < -0.3 is 13.9 Å². The monoisotopic (exact) mass is 386 g/mol. The van der Waals surface area contributed by atoms with Crippen LogP contribution >= 0.6 is 11.6 Å². The lowest BCUT2D eigenvalue weighted by Crippen LogP contribution is -2.36. The zero-order chi connectivity index (χ0) is 19.2. The van der Waals surface area contributed by atoms with E-state index in [-0.39, 0.29) is 12.7 Å². The van der Waals surface area contributed by atoms with Gasteiger partial charge in [0.25, 0.3) is 5.91 Å². The normalized spacial score (nSPS) is 11.6. The van der Waals surface area contributed by atoms with Crippen molar-refractivity contribution in [3.8, 4) is 29.9 Å². The van der Waals surface area contributed by atoms with Crippen LogP contribution in [0.15, 0.2) is 46.9 Å². The molecule has 0 spiro atoms. The number of hydrogen-bond acceptors (Lipinski definition) is 6. The van der Waals surface area contributed by atoms with E-state index in [1.807, 2.05) is 0 Å². The van der Waals surface area contributed by atoms with Gasteiger partial charge in [-0.25, -0.2) is 5.48 Å². The second kappa shape index (κ2) is 8.45. The van der Waals surface area contributed by atoms with Crippen molar-refractivity contribution in [3.05, 3.63) is 47.5 Å².